The predicted molar refractivity (Wildman–Crippen MR) is 124 cm³/mol. The highest BCUT2D eigenvalue weighted by atomic mass is 35.5. The fourth-order valence-electron chi connectivity index (χ4n) is 4.29. The third-order valence-corrected chi connectivity index (χ3v) is 6.41. The van der Waals surface area contributed by atoms with E-state index in [9.17, 15) is 31.5 Å². The van der Waals surface area contributed by atoms with Gasteiger partial charge in [-0.1, -0.05) is 11.6 Å². The molecule has 13 heteroatoms. The van der Waals surface area contributed by atoms with Crippen molar-refractivity contribution in [1.29, 1.82) is 0 Å². The van der Waals surface area contributed by atoms with E-state index in [4.69, 9.17) is 17.3 Å². The SMILES string of the molecule is NC1CN(c2cc(NC(=O)c3cc(F)cc(C(F)(F)F)c3)c3c(n2)C(=O)NC3c2cc(F)ccc2Cl)C1. The molecule has 7 nitrogen and oxygen atoms in total. The summed E-state index contributed by atoms with van der Waals surface area (Å²) in [4.78, 5) is 32.0. The molecule has 2 aromatic carbocycles. The summed E-state index contributed by atoms with van der Waals surface area (Å²) in [7, 11) is 0. The molecule has 1 aromatic heterocycles. The number of aromatic nitrogens is 1. The highest BCUT2D eigenvalue weighted by molar-refractivity contribution is 6.31. The Balaban J connectivity index is 1.61. The first-order valence-corrected chi connectivity index (χ1v) is 11.3. The van der Waals surface area contributed by atoms with E-state index in [1.54, 1.807) is 4.90 Å². The fourth-order valence-corrected chi connectivity index (χ4v) is 4.52. The van der Waals surface area contributed by atoms with E-state index in [2.05, 4.69) is 15.6 Å². The number of nitrogens with one attached hydrogen (secondary N) is 2. The van der Waals surface area contributed by atoms with Gasteiger partial charge in [0.2, 0.25) is 0 Å². The molecule has 2 aliphatic rings. The fraction of sp³-hybridized carbons (Fsp3) is 0.208. The highest BCUT2D eigenvalue weighted by Gasteiger charge is 2.38. The minimum atomic E-state index is -4.88. The second kappa shape index (κ2) is 8.96. The van der Waals surface area contributed by atoms with E-state index >= 15 is 0 Å². The zero-order valence-corrected chi connectivity index (χ0v) is 19.4. The Morgan fingerprint density at radius 1 is 1.11 bits per heavy atom. The van der Waals surface area contributed by atoms with Crippen molar-refractivity contribution in [2.75, 3.05) is 23.3 Å². The summed E-state index contributed by atoms with van der Waals surface area (Å²) in [6.07, 6.45) is -4.88. The van der Waals surface area contributed by atoms with Gasteiger partial charge in [-0.2, -0.15) is 13.2 Å². The molecule has 1 atom stereocenters. The quantitative estimate of drug-likeness (QED) is 0.432. The van der Waals surface area contributed by atoms with Crippen LogP contribution in [0.3, 0.4) is 0 Å². The van der Waals surface area contributed by atoms with Crippen molar-refractivity contribution in [2.24, 2.45) is 5.73 Å². The van der Waals surface area contributed by atoms with Crippen molar-refractivity contribution in [3.63, 3.8) is 0 Å². The largest absolute Gasteiger partial charge is 0.416 e. The maximum Gasteiger partial charge on any atom is 0.416 e. The molecular weight excluding hydrogens is 521 g/mol. The summed E-state index contributed by atoms with van der Waals surface area (Å²) < 4.78 is 67.5. The van der Waals surface area contributed by atoms with Crippen molar-refractivity contribution in [2.45, 2.75) is 18.3 Å². The lowest BCUT2D eigenvalue weighted by Crippen LogP contribution is -2.56. The van der Waals surface area contributed by atoms with Crippen LogP contribution in [0, 0.1) is 11.6 Å². The van der Waals surface area contributed by atoms with E-state index in [0.717, 1.165) is 12.1 Å². The van der Waals surface area contributed by atoms with E-state index < -0.39 is 46.8 Å². The van der Waals surface area contributed by atoms with Crippen LogP contribution in [0.5, 0.6) is 0 Å². The molecule has 2 aliphatic heterocycles. The lowest BCUT2D eigenvalue weighted by atomic mass is 9.98. The molecular formula is C24H17ClF5N5O2. The average molecular weight is 538 g/mol. The minimum Gasteiger partial charge on any atom is -0.353 e. The van der Waals surface area contributed by atoms with Gasteiger partial charge in [0.25, 0.3) is 11.8 Å². The first-order chi connectivity index (χ1) is 17.4. The lowest BCUT2D eigenvalue weighted by molar-refractivity contribution is -0.137. The Kier molecular flexibility index (Phi) is 6.03. The van der Waals surface area contributed by atoms with Gasteiger partial charge in [-0.3, -0.25) is 9.59 Å². The number of anilines is 2. The van der Waals surface area contributed by atoms with Gasteiger partial charge >= 0.3 is 6.18 Å². The Morgan fingerprint density at radius 3 is 2.51 bits per heavy atom. The van der Waals surface area contributed by atoms with Crippen LogP contribution in [0.25, 0.3) is 0 Å². The van der Waals surface area contributed by atoms with Gasteiger partial charge < -0.3 is 21.3 Å². The third-order valence-electron chi connectivity index (χ3n) is 6.06. The molecule has 2 amide bonds. The highest BCUT2D eigenvalue weighted by Crippen LogP contribution is 2.41. The number of hydrogen-bond acceptors (Lipinski definition) is 5. The maximum absolute atomic E-state index is 14.0. The molecule has 1 fully saturated rings. The summed E-state index contributed by atoms with van der Waals surface area (Å²) in [6.45, 7) is 0.831. The van der Waals surface area contributed by atoms with Gasteiger partial charge in [0.15, 0.2) is 0 Å². The van der Waals surface area contributed by atoms with Crippen molar-refractivity contribution in [3.8, 4) is 0 Å². The Hall–Kier alpha value is -3.77. The normalized spacial score (nSPS) is 17.3. The number of halogens is 6. The van der Waals surface area contributed by atoms with Crippen LogP contribution in [-0.2, 0) is 6.18 Å². The van der Waals surface area contributed by atoms with E-state index in [1.165, 1.54) is 12.1 Å². The van der Waals surface area contributed by atoms with Crippen LogP contribution < -0.4 is 21.3 Å². The maximum atomic E-state index is 14.0. The predicted octanol–water partition coefficient (Wildman–Crippen LogP) is 4.26. The zero-order chi connectivity index (χ0) is 26.6. The van der Waals surface area contributed by atoms with Gasteiger partial charge in [0.05, 0.1) is 17.3 Å². The first kappa shape index (κ1) is 24.9. The Labute approximate surface area is 211 Å². The molecule has 1 saturated heterocycles. The molecule has 0 spiro atoms. The molecule has 5 rings (SSSR count). The lowest BCUT2D eigenvalue weighted by Gasteiger charge is -2.38. The third kappa shape index (κ3) is 4.69. The van der Waals surface area contributed by atoms with Crippen LogP contribution in [0.15, 0.2) is 42.5 Å². The number of rotatable bonds is 4. The van der Waals surface area contributed by atoms with Crippen molar-refractivity contribution in [3.05, 3.63) is 87.1 Å². The van der Waals surface area contributed by atoms with Crippen LogP contribution >= 0.6 is 11.6 Å². The second-order valence-electron chi connectivity index (χ2n) is 8.71. The minimum absolute atomic E-state index is 0.00645. The summed E-state index contributed by atoms with van der Waals surface area (Å²) in [6, 6.07) is 5.24. The Bertz CT molecular complexity index is 1440. The first-order valence-electron chi connectivity index (χ1n) is 10.9. The summed E-state index contributed by atoms with van der Waals surface area (Å²) in [5.74, 6) is -3.30. The number of hydrogen-bond donors (Lipinski definition) is 3. The van der Waals surface area contributed by atoms with E-state index in [1.807, 2.05) is 0 Å². The molecule has 3 aromatic rings. The second-order valence-corrected chi connectivity index (χ2v) is 9.12. The van der Waals surface area contributed by atoms with Crippen LogP contribution in [0.1, 0.15) is 43.6 Å². The van der Waals surface area contributed by atoms with Gasteiger partial charge in [-0.05, 0) is 36.4 Å². The van der Waals surface area contributed by atoms with Crippen LogP contribution in [-0.4, -0.2) is 35.9 Å². The molecule has 0 aliphatic carbocycles. The number of nitrogens with two attached hydrogens (primary N) is 1. The van der Waals surface area contributed by atoms with E-state index in [0.29, 0.717) is 25.2 Å². The zero-order valence-electron chi connectivity index (χ0n) is 18.7. The summed E-state index contributed by atoms with van der Waals surface area (Å²) >= 11 is 6.26. The molecule has 37 heavy (non-hydrogen) atoms. The van der Waals surface area contributed by atoms with Crippen LogP contribution in [0.4, 0.5) is 33.5 Å². The van der Waals surface area contributed by atoms with E-state index in [-0.39, 0.29) is 45.5 Å². The number of nitrogens with zero attached hydrogens (tertiary/aromatic N) is 2. The average Bonchev–Trinajstić information content (AvgIpc) is 3.14. The number of pyridine rings is 1. The number of alkyl halides is 3. The van der Waals surface area contributed by atoms with Crippen molar-refractivity contribution >= 4 is 34.9 Å². The number of fused-ring (bicyclic) bond motifs is 1. The standard InChI is InChI=1S/C24H17ClF5N5O2/c25-16-2-1-12(26)6-15(16)20-19-17(7-18(35-8-14(31)9-35)33-21(19)23(37)34-20)32-22(36)10-3-11(24(28,29)30)5-13(27)4-10/h1-7,14,20H,8-9,31H2,(H,34,37)(H,32,33,36). The van der Waals surface area contributed by atoms with Crippen LogP contribution in [0.2, 0.25) is 5.02 Å². The molecule has 0 saturated carbocycles. The molecule has 3 heterocycles. The number of carbonyl (C=O) groups is 2. The van der Waals surface area contributed by atoms with Gasteiger partial charge in [0, 0.05) is 46.9 Å². The van der Waals surface area contributed by atoms with Crippen molar-refractivity contribution in [1.82, 2.24) is 10.3 Å². The molecule has 192 valence electrons. The molecule has 4 N–H and O–H groups in total. The van der Waals surface area contributed by atoms with Gasteiger partial charge in [-0.25, -0.2) is 13.8 Å². The molecule has 0 bridgehead atoms. The van der Waals surface area contributed by atoms with Gasteiger partial charge in [0.1, 0.15) is 23.1 Å². The van der Waals surface area contributed by atoms with Crippen molar-refractivity contribution < 1.29 is 31.5 Å². The summed E-state index contributed by atoms with van der Waals surface area (Å²) in [5.41, 5.74) is 4.13. The molecule has 0 radical (unpaired) electrons. The summed E-state index contributed by atoms with van der Waals surface area (Å²) in [5, 5.41) is 5.24. The molecule has 1 unspecified atom stereocenters. The number of benzene rings is 2. The monoisotopic (exact) mass is 537 g/mol. The topological polar surface area (TPSA) is 100 Å². The van der Waals surface area contributed by atoms with Gasteiger partial charge in [-0.15, -0.1) is 0 Å². The number of carbonyl (C=O) groups excluding carboxylic acids is 2. The smallest absolute Gasteiger partial charge is 0.353 e. The Morgan fingerprint density at radius 2 is 1.84 bits per heavy atom. The number of amides is 2.